The Morgan fingerprint density at radius 3 is 2.47 bits per heavy atom. The Kier molecular flexibility index (Phi) is 9.23. The van der Waals surface area contributed by atoms with Crippen molar-refractivity contribution in [1.82, 2.24) is 14.9 Å². The third-order valence-corrected chi connectivity index (χ3v) is 6.40. The summed E-state index contributed by atoms with van der Waals surface area (Å²) in [7, 11) is 0. The minimum Gasteiger partial charge on any atom is -0.470 e. The topological polar surface area (TPSA) is 94.1 Å². The van der Waals surface area contributed by atoms with E-state index < -0.39 is 23.7 Å². The first-order valence-electron chi connectivity index (χ1n) is 12.3. The first kappa shape index (κ1) is 28.2. The van der Waals surface area contributed by atoms with Crippen molar-refractivity contribution in [3.8, 4) is 5.88 Å². The van der Waals surface area contributed by atoms with E-state index in [0.717, 1.165) is 12.8 Å². The summed E-state index contributed by atoms with van der Waals surface area (Å²) >= 11 is 1.27. The highest BCUT2D eigenvalue weighted by atomic mass is 32.2. The van der Waals surface area contributed by atoms with E-state index in [0.29, 0.717) is 24.9 Å². The zero-order valence-corrected chi connectivity index (χ0v) is 22.4. The van der Waals surface area contributed by atoms with Gasteiger partial charge in [-0.05, 0) is 46.3 Å². The lowest BCUT2D eigenvalue weighted by Gasteiger charge is -2.38. The summed E-state index contributed by atoms with van der Waals surface area (Å²) in [6.45, 7) is 8.35. The van der Waals surface area contributed by atoms with E-state index >= 15 is 0 Å². The van der Waals surface area contributed by atoms with Gasteiger partial charge in [-0.15, -0.1) is 0 Å². The molecule has 0 bridgehead atoms. The minimum atomic E-state index is -2.74. The van der Waals surface area contributed by atoms with E-state index in [9.17, 15) is 18.4 Å². The number of rotatable bonds is 8. The maximum absolute atomic E-state index is 13.8. The fraction of sp³-hybridized carbons (Fsp3) is 0.750. The molecule has 36 heavy (non-hydrogen) atoms. The summed E-state index contributed by atoms with van der Waals surface area (Å²) in [5.41, 5.74) is -0.774. The van der Waals surface area contributed by atoms with Crippen molar-refractivity contribution in [3.63, 3.8) is 0 Å². The van der Waals surface area contributed by atoms with Gasteiger partial charge < -0.3 is 19.1 Å². The Morgan fingerprint density at radius 1 is 1.22 bits per heavy atom. The zero-order chi connectivity index (χ0) is 26.5. The average Bonchev–Trinajstić information content (AvgIpc) is 2.76. The van der Waals surface area contributed by atoms with Gasteiger partial charge in [-0.25, -0.2) is 23.4 Å². The number of unbranched alkanes of at least 4 members (excludes halogenated alkanes) is 1. The van der Waals surface area contributed by atoms with Crippen LogP contribution in [0, 0.1) is 0 Å². The van der Waals surface area contributed by atoms with Crippen molar-refractivity contribution in [3.05, 3.63) is 6.07 Å². The van der Waals surface area contributed by atoms with Crippen molar-refractivity contribution in [2.75, 3.05) is 30.9 Å². The number of thioether (sulfide) groups is 1. The van der Waals surface area contributed by atoms with Gasteiger partial charge in [-0.2, -0.15) is 4.98 Å². The highest BCUT2D eigenvalue weighted by molar-refractivity contribution is 7.98. The first-order chi connectivity index (χ1) is 16.9. The van der Waals surface area contributed by atoms with Crippen LogP contribution in [0.1, 0.15) is 66.2 Å². The number of carbonyl (C=O) groups is 2. The van der Waals surface area contributed by atoms with Crippen LogP contribution < -0.4 is 9.64 Å². The number of ether oxygens (including phenoxy) is 3. The molecule has 2 amide bonds. The van der Waals surface area contributed by atoms with Crippen molar-refractivity contribution in [1.29, 1.82) is 0 Å². The number of amides is 2. The minimum absolute atomic E-state index is 0.124. The van der Waals surface area contributed by atoms with Crippen LogP contribution in [-0.4, -0.2) is 76.7 Å². The Bertz CT molecular complexity index is 914. The van der Waals surface area contributed by atoms with Gasteiger partial charge in [0.25, 0.3) is 0 Å². The van der Waals surface area contributed by atoms with Crippen LogP contribution in [0.5, 0.6) is 5.88 Å². The zero-order valence-electron chi connectivity index (χ0n) is 21.6. The molecule has 0 atom stereocenters. The Labute approximate surface area is 215 Å². The fourth-order valence-corrected chi connectivity index (χ4v) is 4.28. The van der Waals surface area contributed by atoms with Gasteiger partial charge in [-0.1, -0.05) is 25.1 Å². The number of anilines is 1. The van der Waals surface area contributed by atoms with Gasteiger partial charge in [-0.3, -0.25) is 4.90 Å². The fourth-order valence-electron chi connectivity index (χ4n) is 3.92. The highest BCUT2D eigenvalue weighted by Gasteiger charge is 2.41. The molecular weight excluding hydrogens is 494 g/mol. The quantitative estimate of drug-likeness (QED) is 0.246. The number of likely N-dealkylation sites (tertiary alicyclic amines) is 1. The first-order valence-corrected chi connectivity index (χ1v) is 13.5. The second-order valence-corrected chi connectivity index (χ2v) is 10.9. The van der Waals surface area contributed by atoms with Crippen LogP contribution in [0.3, 0.4) is 0 Å². The molecule has 0 radical (unpaired) electrons. The van der Waals surface area contributed by atoms with Crippen LogP contribution in [0.2, 0.25) is 0 Å². The van der Waals surface area contributed by atoms with Crippen molar-refractivity contribution in [2.45, 2.75) is 95.0 Å². The lowest BCUT2D eigenvalue weighted by Crippen LogP contribution is -2.56. The largest absolute Gasteiger partial charge is 0.470 e. The molecule has 1 saturated heterocycles. The molecule has 0 spiro atoms. The van der Waals surface area contributed by atoms with Crippen LogP contribution >= 0.6 is 11.8 Å². The lowest BCUT2D eigenvalue weighted by atomic mass is 9.91. The number of hydrogen-bond acceptors (Lipinski definition) is 8. The molecule has 1 saturated carbocycles. The molecular formula is C24H36F2N4O5S. The van der Waals surface area contributed by atoms with Crippen molar-refractivity contribution >= 4 is 29.8 Å². The third-order valence-electron chi connectivity index (χ3n) is 5.86. The van der Waals surface area contributed by atoms with E-state index in [2.05, 4.69) is 9.97 Å². The second kappa shape index (κ2) is 11.8. The molecule has 9 nitrogen and oxygen atoms in total. The summed E-state index contributed by atoms with van der Waals surface area (Å²) in [6, 6.07) is 1.03. The molecule has 2 aliphatic rings. The number of alkyl halides is 2. The van der Waals surface area contributed by atoms with Gasteiger partial charge in [0.1, 0.15) is 17.5 Å². The lowest BCUT2D eigenvalue weighted by molar-refractivity contribution is -0.0388. The van der Waals surface area contributed by atoms with Crippen molar-refractivity contribution < 1.29 is 32.6 Å². The van der Waals surface area contributed by atoms with Crippen molar-refractivity contribution in [2.24, 2.45) is 0 Å². The van der Waals surface area contributed by atoms with Gasteiger partial charge in [0.15, 0.2) is 5.16 Å². The van der Waals surface area contributed by atoms with E-state index in [1.807, 2.05) is 6.92 Å². The number of aromatic nitrogens is 2. The monoisotopic (exact) mass is 530 g/mol. The molecule has 1 aromatic rings. The Morgan fingerprint density at radius 2 is 1.89 bits per heavy atom. The summed E-state index contributed by atoms with van der Waals surface area (Å²) in [5.74, 6) is -2.26. The standard InChI is InChI=1S/C24H36F2N4O5S/c1-6-7-12-33-21(31)29-14-17(15-29)34-19-13-18(27-20(28-19)36-5)30(22(32)35-23(2,3)4)16-8-10-24(25,26)11-9-16/h13,16-17H,6-12,14-15H2,1-5H3. The van der Waals surface area contributed by atoms with Crippen LogP contribution in [-0.2, 0) is 9.47 Å². The molecule has 202 valence electrons. The summed E-state index contributed by atoms with van der Waals surface area (Å²) in [5, 5.41) is 0.368. The summed E-state index contributed by atoms with van der Waals surface area (Å²) in [4.78, 5) is 37.0. The molecule has 1 aromatic heterocycles. The van der Waals surface area contributed by atoms with E-state index in [1.165, 1.54) is 22.7 Å². The number of halogens is 2. The van der Waals surface area contributed by atoms with Gasteiger partial charge in [0.2, 0.25) is 11.8 Å². The van der Waals surface area contributed by atoms with Crippen LogP contribution in [0.4, 0.5) is 24.2 Å². The molecule has 0 unspecified atom stereocenters. The van der Waals surface area contributed by atoms with E-state index in [-0.39, 0.29) is 49.6 Å². The Balaban J connectivity index is 1.76. The maximum Gasteiger partial charge on any atom is 0.416 e. The molecule has 0 aromatic carbocycles. The molecule has 1 aliphatic heterocycles. The normalized spacial score (nSPS) is 18.4. The van der Waals surface area contributed by atoms with Gasteiger partial charge >= 0.3 is 12.2 Å². The molecule has 2 heterocycles. The van der Waals surface area contributed by atoms with Gasteiger partial charge in [0, 0.05) is 24.9 Å². The molecule has 2 fully saturated rings. The van der Waals surface area contributed by atoms with E-state index in [1.54, 1.807) is 31.9 Å². The summed E-state index contributed by atoms with van der Waals surface area (Å²) in [6.07, 6.45) is 1.85. The molecule has 1 aliphatic carbocycles. The number of nitrogens with zero attached hydrogens (tertiary/aromatic N) is 4. The molecule has 12 heteroatoms. The third kappa shape index (κ3) is 7.81. The second-order valence-electron chi connectivity index (χ2n) is 10.1. The number of hydrogen-bond donors (Lipinski definition) is 0. The smallest absolute Gasteiger partial charge is 0.416 e. The highest BCUT2D eigenvalue weighted by Crippen LogP contribution is 2.37. The molecule has 3 rings (SSSR count). The predicted molar refractivity (Wildman–Crippen MR) is 132 cm³/mol. The molecule has 0 N–H and O–H groups in total. The van der Waals surface area contributed by atoms with Crippen LogP contribution in [0.15, 0.2) is 11.2 Å². The predicted octanol–water partition coefficient (Wildman–Crippen LogP) is 5.52. The van der Waals surface area contributed by atoms with Crippen LogP contribution in [0.25, 0.3) is 0 Å². The SMILES string of the molecule is CCCCOC(=O)N1CC(Oc2cc(N(C(=O)OC(C)(C)C)C3CCC(F)(F)CC3)nc(SC)n2)C1. The average molecular weight is 531 g/mol. The summed E-state index contributed by atoms with van der Waals surface area (Å²) < 4.78 is 44.5. The Hall–Kier alpha value is -2.37. The number of carbonyl (C=O) groups excluding carboxylic acids is 2. The maximum atomic E-state index is 13.8. The van der Waals surface area contributed by atoms with E-state index in [4.69, 9.17) is 14.2 Å². The van der Waals surface area contributed by atoms with Gasteiger partial charge in [0.05, 0.1) is 19.7 Å².